The van der Waals surface area contributed by atoms with Crippen LogP contribution in [-0.2, 0) is 9.53 Å². The molecule has 1 saturated heterocycles. The van der Waals surface area contributed by atoms with Crippen molar-refractivity contribution in [3.05, 3.63) is 65.9 Å². The maximum absolute atomic E-state index is 13.1. The number of carbonyl (C=O) groups excluding carboxylic acids is 4. The zero-order valence-electron chi connectivity index (χ0n) is 20.9. The van der Waals surface area contributed by atoms with E-state index in [1.54, 1.807) is 35.2 Å². The molecule has 2 heterocycles. The summed E-state index contributed by atoms with van der Waals surface area (Å²) in [6.45, 7) is 5.43. The van der Waals surface area contributed by atoms with Crippen LogP contribution in [0.2, 0.25) is 0 Å². The van der Waals surface area contributed by atoms with E-state index in [2.05, 4.69) is 23.1 Å². The molecule has 0 bridgehead atoms. The van der Waals surface area contributed by atoms with E-state index in [0.717, 1.165) is 0 Å². The van der Waals surface area contributed by atoms with Crippen molar-refractivity contribution in [2.75, 3.05) is 38.1 Å². The van der Waals surface area contributed by atoms with E-state index >= 15 is 0 Å². The van der Waals surface area contributed by atoms with Crippen LogP contribution in [0.4, 0.5) is 10.5 Å². The zero-order valence-corrected chi connectivity index (χ0v) is 20.9. The van der Waals surface area contributed by atoms with Crippen LogP contribution in [0.3, 0.4) is 0 Å². The number of hydrogen-bond donors (Lipinski definition) is 2. The topological polar surface area (TPSA) is 112 Å². The van der Waals surface area contributed by atoms with Gasteiger partial charge in [-0.05, 0) is 24.1 Å². The first-order valence-corrected chi connectivity index (χ1v) is 11.9. The molecule has 0 atom stereocenters. The zero-order chi connectivity index (χ0) is 26.9. The number of H-pyrrole nitrogens is 1. The predicted octanol–water partition coefficient (Wildman–Crippen LogP) is 3.79. The number of fused-ring (bicyclic) bond motifs is 1. The fourth-order valence-corrected chi connectivity index (χ4v) is 3.97. The Hall–Kier alpha value is -4.58. The molecule has 0 unspecified atom stereocenters. The fourth-order valence-electron chi connectivity index (χ4n) is 3.97. The van der Waals surface area contributed by atoms with Crippen molar-refractivity contribution in [2.45, 2.75) is 13.8 Å². The second kappa shape index (κ2) is 12.4. The normalized spacial score (nSPS) is 13.0. The standard InChI is InChI=1S/C26H28N4O5.C2H2/c1-17(2)16-35-26(34)28-21-10-6-9-19-20(15-27-22(19)21)23(31)25(33)30-13-11-29(12-14-30)24(32)18-7-4-3-5-8-18;1-2/h3-10,15,17,27H,11-14,16H2,1-2H3,(H,28,34);1-2H. The first kappa shape index (κ1) is 27.0. The summed E-state index contributed by atoms with van der Waals surface area (Å²) in [6.07, 6.45) is 8.89. The van der Waals surface area contributed by atoms with E-state index in [0.29, 0.717) is 35.2 Å². The van der Waals surface area contributed by atoms with Crippen LogP contribution in [-0.4, -0.2) is 71.3 Å². The van der Waals surface area contributed by atoms with Gasteiger partial charge in [-0.25, -0.2) is 4.79 Å². The summed E-state index contributed by atoms with van der Waals surface area (Å²) in [5.74, 6) is -1.14. The lowest BCUT2D eigenvalue weighted by molar-refractivity contribution is -0.127. The van der Waals surface area contributed by atoms with Crippen molar-refractivity contribution in [3.8, 4) is 12.8 Å². The Morgan fingerprint density at radius 1 is 0.946 bits per heavy atom. The van der Waals surface area contributed by atoms with Gasteiger partial charge in [0.2, 0.25) is 0 Å². The number of Topliss-reactive ketones (excluding diaryl/α,β-unsaturated/α-hetero) is 1. The van der Waals surface area contributed by atoms with Gasteiger partial charge in [-0.3, -0.25) is 19.7 Å². The molecule has 0 saturated carbocycles. The Kier molecular flexibility index (Phi) is 9.05. The number of anilines is 1. The highest BCUT2D eigenvalue weighted by Crippen LogP contribution is 2.26. The molecule has 0 aliphatic carbocycles. The number of rotatable bonds is 6. The molecule has 9 heteroatoms. The van der Waals surface area contributed by atoms with E-state index in [9.17, 15) is 19.2 Å². The molecule has 4 rings (SSSR count). The van der Waals surface area contributed by atoms with Gasteiger partial charge in [0.05, 0.1) is 23.4 Å². The van der Waals surface area contributed by atoms with E-state index in [1.165, 1.54) is 11.1 Å². The summed E-state index contributed by atoms with van der Waals surface area (Å²) < 4.78 is 5.16. The number of ether oxygens (including phenoxy) is 1. The molecule has 1 fully saturated rings. The summed E-state index contributed by atoms with van der Waals surface area (Å²) in [5, 5.41) is 3.21. The van der Waals surface area contributed by atoms with Crippen molar-refractivity contribution in [1.29, 1.82) is 0 Å². The number of amides is 3. The summed E-state index contributed by atoms with van der Waals surface area (Å²) in [4.78, 5) is 56.9. The second-order valence-corrected chi connectivity index (χ2v) is 8.83. The van der Waals surface area contributed by atoms with Crippen LogP contribution in [0.15, 0.2) is 54.7 Å². The maximum Gasteiger partial charge on any atom is 0.411 e. The highest BCUT2D eigenvalue weighted by molar-refractivity contribution is 6.45. The van der Waals surface area contributed by atoms with Crippen LogP contribution in [0, 0.1) is 18.8 Å². The van der Waals surface area contributed by atoms with Gasteiger partial charge in [0, 0.05) is 43.3 Å². The first-order valence-electron chi connectivity index (χ1n) is 11.9. The molecule has 0 spiro atoms. The van der Waals surface area contributed by atoms with Crippen LogP contribution >= 0.6 is 0 Å². The van der Waals surface area contributed by atoms with Crippen molar-refractivity contribution < 1.29 is 23.9 Å². The van der Waals surface area contributed by atoms with Gasteiger partial charge in [0.25, 0.3) is 17.6 Å². The Morgan fingerprint density at radius 3 is 2.24 bits per heavy atom. The molecule has 1 aliphatic rings. The number of aromatic nitrogens is 1. The third kappa shape index (κ3) is 6.35. The molecule has 2 aromatic carbocycles. The van der Waals surface area contributed by atoms with Gasteiger partial charge >= 0.3 is 6.09 Å². The van der Waals surface area contributed by atoms with Crippen LogP contribution in [0.1, 0.15) is 34.6 Å². The van der Waals surface area contributed by atoms with Crippen molar-refractivity contribution in [1.82, 2.24) is 14.8 Å². The summed E-state index contributed by atoms with van der Waals surface area (Å²) >= 11 is 0. The predicted molar refractivity (Wildman–Crippen MR) is 141 cm³/mol. The van der Waals surface area contributed by atoms with E-state index in [-0.39, 0.29) is 37.1 Å². The van der Waals surface area contributed by atoms with Crippen LogP contribution < -0.4 is 5.32 Å². The Balaban J connectivity index is 0.00000186. The van der Waals surface area contributed by atoms with Crippen molar-refractivity contribution >= 4 is 40.3 Å². The number of terminal acetylenes is 1. The molecule has 1 aliphatic heterocycles. The average Bonchev–Trinajstić information content (AvgIpc) is 3.37. The number of ketones is 1. The molecule has 3 aromatic rings. The number of piperazine rings is 1. The van der Waals surface area contributed by atoms with E-state index in [1.807, 2.05) is 32.0 Å². The van der Waals surface area contributed by atoms with Crippen LogP contribution in [0.5, 0.6) is 0 Å². The lowest BCUT2D eigenvalue weighted by atomic mass is 10.1. The monoisotopic (exact) mass is 502 g/mol. The summed E-state index contributed by atoms with van der Waals surface area (Å²) in [5.41, 5.74) is 1.81. The molecular weight excluding hydrogens is 472 g/mol. The van der Waals surface area contributed by atoms with Gasteiger partial charge in [0.15, 0.2) is 0 Å². The Bertz CT molecular complexity index is 1290. The summed E-state index contributed by atoms with van der Waals surface area (Å²) in [6, 6.07) is 14.1. The molecule has 1 aromatic heterocycles. The van der Waals surface area contributed by atoms with Gasteiger partial charge in [-0.15, -0.1) is 12.8 Å². The largest absolute Gasteiger partial charge is 0.449 e. The highest BCUT2D eigenvalue weighted by atomic mass is 16.5. The number of carbonyl (C=O) groups is 4. The fraction of sp³-hybridized carbons (Fsp3) is 0.286. The molecule has 2 N–H and O–H groups in total. The Morgan fingerprint density at radius 2 is 1.59 bits per heavy atom. The lowest BCUT2D eigenvalue weighted by Crippen LogP contribution is -2.52. The number of nitrogens with zero attached hydrogens (tertiary/aromatic N) is 2. The number of hydrogen-bond acceptors (Lipinski definition) is 5. The average molecular weight is 503 g/mol. The third-order valence-electron chi connectivity index (χ3n) is 5.81. The van der Waals surface area contributed by atoms with Gasteiger partial charge < -0.3 is 19.5 Å². The molecule has 37 heavy (non-hydrogen) atoms. The van der Waals surface area contributed by atoms with E-state index < -0.39 is 17.8 Å². The molecule has 9 nitrogen and oxygen atoms in total. The quantitative estimate of drug-likeness (QED) is 0.303. The minimum atomic E-state index is -0.640. The molecule has 0 radical (unpaired) electrons. The number of benzene rings is 2. The van der Waals surface area contributed by atoms with Crippen molar-refractivity contribution in [2.24, 2.45) is 5.92 Å². The number of nitrogens with one attached hydrogen (secondary N) is 2. The van der Waals surface area contributed by atoms with Gasteiger partial charge in [-0.2, -0.15) is 0 Å². The molecular formula is C28H30N4O5. The van der Waals surface area contributed by atoms with E-state index in [4.69, 9.17) is 4.74 Å². The highest BCUT2D eigenvalue weighted by Gasteiger charge is 2.30. The maximum atomic E-state index is 13.1. The Labute approximate surface area is 215 Å². The second-order valence-electron chi connectivity index (χ2n) is 8.83. The SMILES string of the molecule is C#C.CC(C)COC(=O)Nc1cccc2c(C(=O)C(=O)N3CCN(C(=O)c4ccccc4)CC3)c[nH]c12. The lowest BCUT2D eigenvalue weighted by Gasteiger charge is -2.34. The molecule has 192 valence electrons. The summed E-state index contributed by atoms with van der Waals surface area (Å²) in [7, 11) is 0. The third-order valence-corrected chi connectivity index (χ3v) is 5.81. The van der Waals surface area contributed by atoms with Crippen molar-refractivity contribution in [3.63, 3.8) is 0 Å². The minimum Gasteiger partial charge on any atom is -0.449 e. The number of aromatic amines is 1. The molecule has 3 amide bonds. The van der Waals surface area contributed by atoms with Gasteiger partial charge in [0.1, 0.15) is 0 Å². The smallest absolute Gasteiger partial charge is 0.411 e. The van der Waals surface area contributed by atoms with Gasteiger partial charge in [-0.1, -0.05) is 44.2 Å². The number of para-hydroxylation sites is 1. The minimum absolute atomic E-state index is 0.0902. The first-order chi connectivity index (χ1) is 17.8. The van der Waals surface area contributed by atoms with Crippen LogP contribution in [0.25, 0.3) is 10.9 Å².